The Kier molecular flexibility index (Phi) is 6.79. The number of piperidine rings is 1. The van der Waals surface area contributed by atoms with Crippen molar-refractivity contribution in [1.29, 1.82) is 0 Å². The lowest BCUT2D eigenvalue weighted by Gasteiger charge is -2.34. The summed E-state index contributed by atoms with van der Waals surface area (Å²) in [5, 5.41) is 0. The fourth-order valence-electron chi connectivity index (χ4n) is 4.76. The lowest BCUT2D eigenvalue weighted by Crippen LogP contribution is -2.42. The molecule has 1 fully saturated rings. The van der Waals surface area contributed by atoms with Crippen LogP contribution in [0.1, 0.15) is 77.4 Å². The van der Waals surface area contributed by atoms with Crippen LogP contribution in [0.4, 0.5) is 4.79 Å². The summed E-state index contributed by atoms with van der Waals surface area (Å²) in [6, 6.07) is 7.29. The SMILES string of the molecule is CC(C)(C)OC(=O)N1CCn2c(C3CCN(S(=O)(=O)c4ccc(C(C)(C)C)cc4)CC3)cnc2C1. The van der Waals surface area contributed by atoms with Gasteiger partial charge >= 0.3 is 6.09 Å². The van der Waals surface area contributed by atoms with Crippen LogP contribution in [0.5, 0.6) is 0 Å². The zero-order valence-corrected chi connectivity index (χ0v) is 22.6. The molecule has 8 nitrogen and oxygen atoms in total. The van der Waals surface area contributed by atoms with Crippen molar-refractivity contribution in [1.82, 2.24) is 18.8 Å². The van der Waals surface area contributed by atoms with E-state index in [-0.39, 0.29) is 17.4 Å². The van der Waals surface area contributed by atoms with Crippen molar-refractivity contribution in [3.05, 3.63) is 47.5 Å². The van der Waals surface area contributed by atoms with Gasteiger partial charge in [0.2, 0.25) is 10.0 Å². The number of hydrogen-bond acceptors (Lipinski definition) is 5. The summed E-state index contributed by atoms with van der Waals surface area (Å²) in [6.45, 7) is 14.6. The first-order chi connectivity index (χ1) is 16.3. The number of benzene rings is 1. The van der Waals surface area contributed by atoms with E-state index in [1.807, 2.05) is 39.1 Å². The highest BCUT2D eigenvalue weighted by Gasteiger charge is 2.33. The number of fused-ring (bicyclic) bond motifs is 1. The van der Waals surface area contributed by atoms with Crippen molar-refractivity contribution in [2.24, 2.45) is 0 Å². The molecule has 9 heteroatoms. The molecule has 4 rings (SSSR count). The summed E-state index contributed by atoms with van der Waals surface area (Å²) in [7, 11) is -3.51. The summed E-state index contributed by atoms with van der Waals surface area (Å²) < 4.78 is 35.8. The number of imidazole rings is 1. The number of carbonyl (C=O) groups is 1. The molecule has 0 radical (unpaired) electrons. The number of amides is 1. The Hall–Kier alpha value is -2.39. The Morgan fingerprint density at radius 1 is 0.971 bits per heavy atom. The second-order valence-electron chi connectivity index (χ2n) is 11.6. The highest BCUT2D eigenvalue weighted by Crippen LogP contribution is 2.33. The number of rotatable bonds is 3. The van der Waals surface area contributed by atoms with Gasteiger partial charge in [-0.2, -0.15) is 4.31 Å². The van der Waals surface area contributed by atoms with E-state index in [9.17, 15) is 13.2 Å². The standard InChI is InChI=1S/C26H38N4O4S/c1-25(2,3)20-7-9-21(10-8-20)35(32,33)29-13-11-19(12-14-29)22-17-27-23-18-28(15-16-30(22)23)24(31)34-26(4,5)6/h7-10,17,19H,11-16,18H2,1-6H3. The maximum Gasteiger partial charge on any atom is 0.410 e. The summed E-state index contributed by atoms with van der Waals surface area (Å²) in [5.41, 5.74) is 1.70. The van der Waals surface area contributed by atoms with Crippen LogP contribution >= 0.6 is 0 Å². The van der Waals surface area contributed by atoms with Gasteiger partial charge in [-0.25, -0.2) is 18.2 Å². The van der Waals surface area contributed by atoms with Crippen LogP contribution in [-0.2, 0) is 33.3 Å². The van der Waals surface area contributed by atoms with Crippen LogP contribution in [-0.4, -0.2) is 58.5 Å². The van der Waals surface area contributed by atoms with Crippen molar-refractivity contribution < 1.29 is 17.9 Å². The van der Waals surface area contributed by atoms with Gasteiger partial charge in [0, 0.05) is 44.0 Å². The van der Waals surface area contributed by atoms with E-state index in [0.717, 1.165) is 29.9 Å². The molecule has 3 heterocycles. The summed E-state index contributed by atoms with van der Waals surface area (Å²) >= 11 is 0. The van der Waals surface area contributed by atoms with Gasteiger partial charge in [0.05, 0.1) is 11.4 Å². The van der Waals surface area contributed by atoms with Gasteiger partial charge in [-0.1, -0.05) is 32.9 Å². The first kappa shape index (κ1) is 25.7. The molecule has 1 aromatic carbocycles. The summed E-state index contributed by atoms with van der Waals surface area (Å²) in [5.74, 6) is 1.10. The number of carbonyl (C=O) groups excluding carboxylic acids is 1. The topological polar surface area (TPSA) is 84.7 Å². The maximum absolute atomic E-state index is 13.2. The quantitative estimate of drug-likeness (QED) is 0.617. The normalized spacial score (nSPS) is 18.4. The fraction of sp³-hybridized carbons (Fsp3) is 0.615. The minimum atomic E-state index is -3.51. The van der Waals surface area contributed by atoms with Crippen molar-refractivity contribution >= 4 is 16.1 Å². The van der Waals surface area contributed by atoms with Crippen LogP contribution in [0.2, 0.25) is 0 Å². The van der Waals surface area contributed by atoms with E-state index >= 15 is 0 Å². The van der Waals surface area contributed by atoms with Gasteiger partial charge < -0.3 is 9.30 Å². The van der Waals surface area contributed by atoms with E-state index in [1.165, 1.54) is 0 Å². The predicted molar refractivity (Wildman–Crippen MR) is 135 cm³/mol. The molecule has 35 heavy (non-hydrogen) atoms. The molecule has 0 bridgehead atoms. The molecule has 1 aromatic heterocycles. The number of sulfonamides is 1. The molecule has 0 saturated carbocycles. The molecule has 0 N–H and O–H groups in total. The van der Waals surface area contributed by atoms with E-state index in [4.69, 9.17) is 4.74 Å². The average Bonchev–Trinajstić information content (AvgIpc) is 3.21. The third-order valence-electron chi connectivity index (χ3n) is 6.78. The van der Waals surface area contributed by atoms with Crippen LogP contribution in [0.25, 0.3) is 0 Å². The van der Waals surface area contributed by atoms with Crippen LogP contribution in [0.3, 0.4) is 0 Å². The zero-order chi connectivity index (χ0) is 25.6. The lowest BCUT2D eigenvalue weighted by molar-refractivity contribution is 0.0194. The Balaban J connectivity index is 1.40. The van der Waals surface area contributed by atoms with E-state index in [2.05, 4.69) is 30.3 Å². The third kappa shape index (κ3) is 5.56. The summed E-state index contributed by atoms with van der Waals surface area (Å²) in [4.78, 5) is 19.1. The van der Waals surface area contributed by atoms with E-state index < -0.39 is 15.6 Å². The minimum absolute atomic E-state index is 0.0189. The van der Waals surface area contributed by atoms with Crippen molar-refractivity contribution in [2.45, 2.75) is 89.3 Å². The molecule has 192 valence electrons. The molecule has 0 atom stereocenters. The predicted octanol–water partition coefficient (Wildman–Crippen LogP) is 4.50. The number of aromatic nitrogens is 2. The van der Waals surface area contributed by atoms with E-state index in [1.54, 1.807) is 21.3 Å². The minimum Gasteiger partial charge on any atom is -0.444 e. The lowest BCUT2D eigenvalue weighted by atomic mass is 9.87. The Morgan fingerprint density at radius 2 is 1.60 bits per heavy atom. The first-order valence-corrected chi connectivity index (χ1v) is 13.8. The van der Waals surface area contributed by atoms with Gasteiger partial charge in [-0.3, -0.25) is 4.90 Å². The van der Waals surface area contributed by atoms with Crippen molar-refractivity contribution in [2.75, 3.05) is 19.6 Å². The van der Waals surface area contributed by atoms with Crippen LogP contribution in [0, 0.1) is 0 Å². The number of nitrogens with zero attached hydrogens (tertiary/aromatic N) is 4. The van der Waals surface area contributed by atoms with Gasteiger partial charge in [0.25, 0.3) is 0 Å². The van der Waals surface area contributed by atoms with Crippen LogP contribution in [0.15, 0.2) is 35.4 Å². The largest absolute Gasteiger partial charge is 0.444 e. The molecule has 2 aliphatic rings. The highest BCUT2D eigenvalue weighted by molar-refractivity contribution is 7.89. The summed E-state index contributed by atoms with van der Waals surface area (Å²) in [6.07, 6.45) is 3.08. The Morgan fingerprint density at radius 3 is 2.17 bits per heavy atom. The Bertz CT molecular complexity index is 1170. The van der Waals surface area contributed by atoms with Gasteiger partial charge in [-0.05, 0) is 56.7 Å². The maximum atomic E-state index is 13.2. The fourth-order valence-corrected chi connectivity index (χ4v) is 6.23. The second kappa shape index (κ2) is 9.24. The van der Waals surface area contributed by atoms with Crippen molar-refractivity contribution in [3.63, 3.8) is 0 Å². The third-order valence-corrected chi connectivity index (χ3v) is 8.69. The van der Waals surface area contributed by atoms with Crippen molar-refractivity contribution in [3.8, 4) is 0 Å². The van der Waals surface area contributed by atoms with Gasteiger partial charge in [0.15, 0.2) is 0 Å². The highest BCUT2D eigenvalue weighted by atomic mass is 32.2. The van der Waals surface area contributed by atoms with Crippen LogP contribution < -0.4 is 0 Å². The molecule has 0 unspecified atom stereocenters. The molecular weight excluding hydrogens is 464 g/mol. The molecular formula is C26H38N4O4S. The zero-order valence-electron chi connectivity index (χ0n) is 21.7. The molecule has 0 aliphatic carbocycles. The monoisotopic (exact) mass is 502 g/mol. The average molecular weight is 503 g/mol. The smallest absolute Gasteiger partial charge is 0.410 e. The number of ether oxygens (including phenoxy) is 1. The van der Waals surface area contributed by atoms with Gasteiger partial charge in [0.1, 0.15) is 11.4 Å². The second-order valence-corrected chi connectivity index (χ2v) is 13.5. The number of hydrogen-bond donors (Lipinski definition) is 0. The molecule has 1 amide bonds. The first-order valence-electron chi connectivity index (χ1n) is 12.4. The van der Waals surface area contributed by atoms with Gasteiger partial charge in [-0.15, -0.1) is 0 Å². The molecule has 2 aliphatic heterocycles. The molecule has 0 spiro atoms. The Labute approximate surface area is 209 Å². The molecule has 2 aromatic rings. The molecule has 1 saturated heterocycles. The van der Waals surface area contributed by atoms with E-state index in [0.29, 0.717) is 37.6 Å².